The number of rotatable bonds is 7. The first kappa shape index (κ1) is 16.5. The van der Waals surface area contributed by atoms with Crippen molar-refractivity contribution in [2.24, 2.45) is 0 Å². The van der Waals surface area contributed by atoms with Crippen LogP contribution in [0, 0.1) is 0 Å². The largest absolute Gasteiger partial charge is 0.496 e. The molecule has 1 unspecified atom stereocenters. The molecule has 0 aliphatic heterocycles. The minimum absolute atomic E-state index is 0.279. The van der Waals surface area contributed by atoms with Crippen molar-refractivity contribution in [3.05, 3.63) is 50.1 Å². The molecule has 2 aromatic rings. The first-order chi connectivity index (χ1) is 10.2. The highest BCUT2D eigenvalue weighted by Gasteiger charge is 2.17. The van der Waals surface area contributed by atoms with E-state index in [0.29, 0.717) is 0 Å². The molecular weight excluding hydrogens is 346 g/mol. The second-order valence-electron chi connectivity index (χ2n) is 4.92. The maximum Gasteiger partial charge on any atom is 0.124 e. The van der Waals surface area contributed by atoms with Crippen LogP contribution in [0.4, 0.5) is 0 Å². The van der Waals surface area contributed by atoms with Crippen LogP contribution >= 0.6 is 27.3 Å². The zero-order valence-electron chi connectivity index (χ0n) is 12.8. The Morgan fingerprint density at radius 1 is 1.19 bits per heavy atom. The highest BCUT2D eigenvalue weighted by atomic mass is 79.9. The summed E-state index contributed by atoms with van der Waals surface area (Å²) in [7, 11) is 1.73. The van der Waals surface area contributed by atoms with E-state index in [1.165, 1.54) is 15.3 Å². The lowest BCUT2D eigenvalue weighted by atomic mass is 10.0. The molecular formula is C17H22BrNOS. The monoisotopic (exact) mass is 367 g/mol. The fourth-order valence-electron chi connectivity index (χ4n) is 2.43. The van der Waals surface area contributed by atoms with E-state index in [2.05, 4.69) is 59.4 Å². The van der Waals surface area contributed by atoms with Crippen LogP contribution in [0.5, 0.6) is 5.75 Å². The Hall–Kier alpha value is -0.840. The van der Waals surface area contributed by atoms with E-state index >= 15 is 0 Å². The molecule has 21 heavy (non-hydrogen) atoms. The van der Waals surface area contributed by atoms with E-state index in [0.717, 1.165) is 29.6 Å². The van der Waals surface area contributed by atoms with Gasteiger partial charge in [-0.2, -0.15) is 0 Å². The van der Waals surface area contributed by atoms with Crippen molar-refractivity contribution < 1.29 is 4.74 Å². The Morgan fingerprint density at radius 3 is 2.57 bits per heavy atom. The Bertz CT molecular complexity index is 582. The summed E-state index contributed by atoms with van der Waals surface area (Å²) in [5, 5.41) is 3.58. The zero-order valence-corrected chi connectivity index (χ0v) is 15.2. The summed E-state index contributed by atoms with van der Waals surface area (Å²) >= 11 is 5.41. The number of methoxy groups -OCH3 is 1. The Balaban J connectivity index is 2.25. The van der Waals surface area contributed by atoms with Gasteiger partial charge in [-0.15, -0.1) is 11.3 Å². The summed E-state index contributed by atoms with van der Waals surface area (Å²) in [4.78, 5) is 2.87. The van der Waals surface area contributed by atoms with Crippen molar-refractivity contribution in [3.8, 4) is 5.75 Å². The molecule has 1 heterocycles. The maximum atomic E-state index is 5.55. The average Bonchev–Trinajstić information content (AvgIpc) is 2.94. The number of hydrogen-bond donors (Lipinski definition) is 1. The van der Waals surface area contributed by atoms with Crippen LogP contribution in [-0.2, 0) is 12.8 Å². The molecule has 114 valence electrons. The molecule has 0 radical (unpaired) electrons. The van der Waals surface area contributed by atoms with Gasteiger partial charge in [0.1, 0.15) is 5.75 Å². The van der Waals surface area contributed by atoms with Gasteiger partial charge in [-0.1, -0.05) is 35.8 Å². The second-order valence-corrected chi connectivity index (χ2v) is 7.09. The molecule has 2 rings (SSSR count). The van der Waals surface area contributed by atoms with E-state index < -0.39 is 0 Å². The van der Waals surface area contributed by atoms with Gasteiger partial charge in [0.15, 0.2) is 0 Å². The lowest BCUT2D eigenvalue weighted by Crippen LogP contribution is -2.23. The van der Waals surface area contributed by atoms with Gasteiger partial charge in [-0.3, -0.25) is 0 Å². The molecule has 0 bridgehead atoms. The highest BCUT2D eigenvalue weighted by Crippen LogP contribution is 2.32. The summed E-state index contributed by atoms with van der Waals surface area (Å²) in [6.07, 6.45) is 2.11. The number of hydrogen-bond acceptors (Lipinski definition) is 3. The smallest absolute Gasteiger partial charge is 0.124 e. The third kappa shape index (κ3) is 4.31. The lowest BCUT2D eigenvalue weighted by Gasteiger charge is -2.20. The fraction of sp³-hybridized carbons (Fsp3) is 0.412. The third-order valence-electron chi connectivity index (χ3n) is 3.49. The lowest BCUT2D eigenvalue weighted by molar-refractivity contribution is 0.399. The van der Waals surface area contributed by atoms with Gasteiger partial charge < -0.3 is 10.1 Å². The van der Waals surface area contributed by atoms with Gasteiger partial charge in [-0.05, 0) is 37.2 Å². The number of thiophene rings is 1. The Morgan fingerprint density at radius 2 is 1.95 bits per heavy atom. The van der Waals surface area contributed by atoms with Crippen LogP contribution in [0.25, 0.3) is 0 Å². The number of nitrogens with one attached hydrogen (secondary N) is 1. The van der Waals surface area contributed by atoms with E-state index in [1.807, 2.05) is 17.4 Å². The van der Waals surface area contributed by atoms with Gasteiger partial charge in [0.2, 0.25) is 0 Å². The van der Waals surface area contributed by atoms with Crippen molar-refractivity contribution in [1.82, 2.24) is 5.32 Å². The van der Waals surface area contributed by atoms with E-state index in [9.17, 15) is 0 Å². The average molecular weight is 368 g/mol. The molecule has 0 amide bonds. The molecule has 0 aliphatic carbocycles. The van der Waals surface area contributed by atoms with Crippen LogP contribution < -0.4 is 10.1 Å². The first-order valence-corrected chi connectivity index (χ1v) is 8.93. The fourth-order valence-corrected chi connectivity index (χ4v) is 3.78. The summed E-state index contributed by atoms with van der Waals surface area (Å²) in [5.41, 5.74) is 1.22. The third-order valence-corrected chi connectivity index (χ3v) is 5.24. The van der Waals surface area contributed by atoms with Gasteiger partial charge in [0, 0.05) is 32.3 Å². The summed E-state index contributed by atoms with van der Waals surface area (Å²) < 4.78 is 6.60. The van der Waals surface area contributed by atoms with Crippen LogP contribution in [0.1, 0.15) is 35.2 Å². The first-order valence-electron chi connectivity index (χ1n) is 7.32. The van der Waals surface area contributed by atoms with E-state index in [1.54, 1.807) is 7.11 Å². The minimum atomic E-state index is 0.279. The van der Waals surface area contributed by atoms with Crippen molar-refractivity contribution in [3.63, 3.8) is 0 Å². The Kier molecular flexibility index (Phi) is 6.27. The predicted molar refractivity (Wildman–Crippen MR) is 94.5 cm³/mol. The van der Waals surface area contributed by atoms with Crippen LogP contribution in [0.15, 0.2) is 34.8 Å². The zero-order chi connectivity index (χ0) is 15.2. The second kappa shape index (κ2) is 7.97. The highest BCUT2D eigenvalue weighted by molar-refractivity contribution is 9.10. The molecule has 0 aliphatic rings. The number of halogens is 1. The van der Waals surface area contributed by atoms with Crippen molar-refractivity contribution >= 4 is 27.3 Å². The van der Waals surface area contributed by atoms with Crippen LogP contribution in [-0.4, -0.2) is 13.7 Å². The number of benzene rings is 1. The van der Waals surface area contributed by atoms with Crippen molar-refractivity contribution in [2.45, 2.75) is 32.7 Å². The molecule has 1 aromatic carbocycles. The predicted octanol–water partition coefficient (Wildman–Crippen LogP) is 4.97. The molecule has 2 nitrogen and oxygen atoms in total. The molecule has 4 heteroatoms. The SMILES string of the molecule is CCNC(Cc1ccc(CC)s1)c1ccc(Br)cc1OC. The van der Waals surface area contributed by atoms with E-state index in [4.69, 9.17) is 4.74 Å². The number of likely N-dealkylation sites (N-methyl/N-ethyl adjacent to an activating group) is 1. The molecule has 1 N–H and O–H groups in total. The molecule has 0 spiro atoms. The quantitative estimate of drug-likeness (QED) is 0.745. The standard InChI is InChI=1S/C17H22BrNOS/c1-4-13-7-8-14(21-13)11-16(19-5-2)15-9-6-12(18)10-17(15)20-3/h6-10,16,19H,4-5,11H2,1-3H3. The summed E-state index contributed by atoms with van der Waals surface area (Å²) in [6, 6.07) is 11.0. The number of aryl methyl sites for hydroxylation is 1. The molecule has 0 fully saturated rings. The van der Waals surface area contributed by atoms with Gasteiger partial charge >= 0.3 is 0 Å². The van der Waals surface area contributed by atoms with Gasteiger partial charge in [-0.25, -0.2) is 0 Å². The minimum Gasteiger partial charge on any atom is -0.496 e. The topological polar surface area (TPSA) is 21.3 Å². The number of ether oxygens (including phenoxy) is 1. The van der Waals surface area contributed by atoms with Crippen LogP contribution in [0.3, 0.4) is 0 Å². The normalized spacial score (nSPS) is 12.4. The molecule has 1 atom stereocenters. The van der Waals surface area contributed by atoms with E-state index in [-0.39, 0.29) is 6.04 Å². The Labute approximate surface area is 139 Å². The van der Waals surface area contributed by atoms with Crippen molar-refractivity contribution in [1.29, 1.82) is 0 Å². The summed E-state index contributed by atoms with van der Waals surface area (Å²) in [6.45, 7) is 5.29. The van der Waals surface area contributed by atoms with Crippen LogP contribution in [0.2, 0.25) is 0 Å². The maximum absolute atomic E-state index is 5.55. The summed E-state index contributed by atoms with van der Waals surface area (Å²) in [5.74, 6) is 0.933. The molecule has 0 saturated heterocycles. The van der Waals surface area contributed by atoms with Gasteiger partial charge in [0.25, 0.3) is 0 Å². The molecule has 1 aromatic heterocycles. The molecule has 0 saturated carbocycles. The van der Waals surface area contributed by atoms with Gasteiger partial charge in [0.05, 0.1) is 7.11 Å². The van der Waals surface area contributed by atoms with Crippen molar-refractivity contribution in [2.75, 3.05) is 13.7 Å².